The number of ether oxygens (including phenoxy) is 3. The predicted molar refractivity (Wildman–Crippen MR) is 72.9 cm³/mol. The summed E-state index contributed by atoms with van der Waals surface area (Å²) >= 11 is 0. The Hall–Kier alpha value is -0.160. The Balaban J connectivity index is 1.96. The van der Waals surface area contributed by atoms with Gasteiger partial charge in [-0.05, 0) is 24.2 Å². The van der Waals surface area contributed by atoms with Crippen LogP contribution >= 0.6 is 0 Å². The molecule has 0 aromatic heterocycles. The second-order valence-electron chi connectivity index (χ2n) is 5.67. The van der Waals surface area contributed by atoms with Crippen LogP contribution in [0.4, 0.5) is 0 Å². The molecule has 0 bridgehead atoms. The molecule has 108 valence electrons. The van der Waals surface area contributed by atoms with Gasteiger partial charge < -0.3 is 19.5 Å². The highest BCUT2D eigenvalue weighted by Gasteiger charge is 2.36. The Labute approximate surface area is 111 Å². The number of hydrogen-bond donors (Lipinski definition) is 1. The lowest BCUT2D eigenvalue weighted by molar-refractivity contribution is 0.00683. The van der Waals surface area contributed by atoms with Gasteiger partial charge in [-0.25, -0.2) is 0 Å². The number of hydrogen-bond acceptors (Lipinski definition) is 4. The van der Waals surface area contributed by atoms with E-state index in [0.29, 0.717) is 31.8 Å². The molecule has 0 aromatic rings. The van der Waals surface area contributed by atoms with Crippen LogP contribution in [0.25, 0.3) is 0 Å². The molecule has 0 radical (unpaired) electrons. The Kier molecular flexibility index (Phi) is 7.82. The molecule has 0 spiro atoms. The number of rotatable bonds is 11. The standard InChI is InChI=1S/C14H29NO3/c1-13(2)10-14(11-15-12-14)4-5-17-8-9-18-7-6-16-3/h13,15H,4-12H2,1-3H3. The van der Waals surface area contributed by atoms with Crippen LogP contribution in [0.15, 0.2) is 0 Å². The first-order valence-electron chi connectivity index (χ1n) is 7.04. The monoisotopic (exact) mass is 259 g/mol. The maximum absolute atomic E-state index is 5.63. The van der Waals surface area contributed by atoms with Gasteiger partial charge in [0.2, 0.25) is 0 Å². The van der Waals surface area contributed by atoms with E-state index in [2.05, 4.69) is 19.2 Å². The SMILES string of the molecule is COCCOCCOCCC1(CC(C)C)CNC1. The normalized spacial score (nSPS) is 18.0. The largest absolute Gasteiger partial charge is 0.382 e. The average molecular weight is 259 g/mol. The van der Waals surface area contributed by atoms with Crippen LogP contribution in [0, 0.1) is 11.3 Å². The topological polar surface area (TPSA) is 39.7 Å². The van der Waals surface area contributed by atoms with Gasteiger partial charge in [0, 0.05) is 26.8 Å². The smallest absolute Gasteiger partial charge is 0.0701 e. The zero-order valence-electron chi connectivity index (χ0n) is 12.2. The number of methoxy groups -OCH3 is 1. The first-order valence-corrected chi connectivity index (χ1v) is 7.04. The van der Waals surface area contributed by atoms with E-state index in [4.69, 9.17) is 14.2 Å². The van der Waals surface area contributed by atoms with E-state index in [1.165, 1.54) is 6.42 Å². The predicted octanol–water partition coefficient (Wildman–Crippen LogP) is 1.69. The van der Waals surface area contributed by atoms with Crippen molar-refractivity contribution >= 4 is 0 Å². The van der Waals surface area contributed by atoms with E-state index in [1.54, 1.807) is 7.11 Å². The molecule has 4 nitrogen and oxygen atoms in total. The molecule has 1 saturated heterocycles. The summed E-state index contributed by atoms with van der Waals surface area (Å²) in [5.41, 5.74) is 0.491. The molecule has 0 saturated carbocycles. The molecule has 1 N–H and O–H groups in total. The van der Waals surface area contributed by atoms with Crippen molar-refractivity contribution in [2.45, 2.75) is 26.7 Å². The minimum Gasteiger partial charge on any atom is -0.382 e. The highest BCUT2D eigenvalue weighted by atomic mass is 16.5. The minimum absolute atomic E-state index is 0.491. The molecule has 1 aliphatic rings. The van der Waals surface area contributed by atoms with Crippen molar-refractivity contribution < 1.29 is 14.2 Å². The van der Waals surface area contributed by atoms with Gasteiger partial charge >= 0.3 is 0 Å². The van der Waals surface area contributed by atoms with Gasteiger partial charge in [0.25, 0.3) is 0 Å². The lowest BCUT2D eigenvalue weighted by Gasteiger charge is -2.44. The van der Waals surface area contributed by atoms with Crippen molar-refractivity contribution in [2.24, 2.45) is 11.3 Å². The second-order valence-corrected chi connectivity index (χ2v) is 5.67. The van der Waals surface area contributed by atoms with Crippen LogP contribution in [-0.4, -0.2) is 53.2 Å². The van der Waals surface area contributed by atoms with Gasteiger partial charge in [-0.15, -0.1) is 0 Å². The molecule has 1 rings (SSSR count). The molecule has 4 heteroatoms. The maximum atomic E-state index is 5.63. The lowest BCUT2D eigenvalue weighted by atomic mass is 9.73. The van der Waals surface area contributed by atoms with Crippen LogP contribution < -0.4 is 5.32 Å². The highest BCUT2D eigenvalue weighted by molar-refractivity contribution is 4.92. The fraction of sp³-hybridized carbons (Fsp3) is 1.00. The first-order chi connectivity index (χ1) is 8.68. The highest BCUT2D eigenvalue weighted by Crippen LogP contribution is 2.34. The van der Waals surface area contributed by atoms with Crippen LogP contribution in [0.5, 0.6) is 0 Å². The third kappa shape index (κ3) is 6.14. The Morgan fingerprint density at radius 1 is 1.00 bits per heavy atom. The van der Waals surface area contributed by atoms with Gasteiger partial charge in [-0.1, -0.05) is 13.8 Å². The van der Waals surface area contributed by atoms with Crippen molar-refractivity contribution in [3.8, 4) is 0 Å². The maximum Gasteiger partial charge on any atom is 0.0701 e. The molecule has 0 atom stereocenters. The Morgan fingerprint density at radius 2 is 1.61 bits per heavy atom. The van der Waals surface area contributed by atoms with Gasteiger partial charge in [-0.2, -0.15) is 0 Å². The summed E-state index contributed by atoms with van der Waals surface area (Å²) in [6, 6.07) is 0. The Bertz CT molecular complexity index is 205. The molecule has 1 heterocycles. The molecule has 0 aromatic carbocycles. The van der Waals surface area contributed by atoms with Crippen molar-refractivity contribution in [1.29, 1.82) is 0 Å². The molecular formula is C14H29NO3. The third-order valence-corrected chi connectivity index (χ3v) is 3.42. The summed E-state index contributed by atoms with van der Waals surface area (Å²) in [6.07, 6.45) is 2.46. The molecule has 0 unspecified atom stereocenters. The molecule has 1 aliphatic heterocycles. The summed E-state index contributed by atoms with van der Waals surface area (Å²) in [5.74, 6) is 0.768. The minimum atomic E-state index is 0.491. The zero-order chi connectivity index (χ0) is 13.3. The van der Waals surface area contributed by atoms with E-state index in [-0.39, 0.29) is 0 Å². The van der Waals surface area contributed by atoms with E-state index in [0.717, 1.165) is 32.0 Å². The third-order valence-electron chi connectivity index (χ3n) is 3.42. The Morgan fingerprint density at radius 3 is 2.11 bits per heavy atom. The second kappa shape index (κ2) is 8.86. The fourth-order valence-corrected chi connectivity index (χ4v) is 2.52. The summed E-state index contributed by atoms with van der Waals surface area (Å²) in [4.78, 5) is 0. The van der Waals surface area contributed by atoms with Crippen LogP contribution in [0.2, 0.25) is 0 Å². The molecule has 18 heavy (non-hydrogen) atoms. The quantitative estimate of drug-likeness (QED) is 0.573. The van der Waals surface area contributed by atoms with Crippen molar-refractivity contribution in [3.63, 3.8) is 0 Å². The fourth-order valence-electron chi connectivity index (χ4n) is 2.52. The van der Waals surface area contributed by atoms with Gasteiger partial charge in [0.15, 0.2) is 0 Å². The van der Waals surface area contributed by atoms with E-state index < -0.39 is 0 Å². The van der Waals surface area contributed by atoms with Crippen LogP contribution in [0.1, 0.15) is 26.7 Å². The first kappa shape index (κ1) is 15.9. The molecular weight excluding hydrogens is 230 g/mol. The van der Waals surface area contributed by atoms with E-state index >= 15 is 0 Å². The summed E-state index contributed by atoms with van der Waals surface area (Å²) in [6.45, 7) is 10.4. The van der Waals surface area contributed by atoms with Crippen molar-refractivity contribution in [3.05, 3.63) is 0 Å². The van der Waals surface area contributed by atoms with Gasteiger partial charge in [-0.3, -0.25) is 0 Å². The lowest BCUT2D eigenvalue weighted by Crippen LogP contribution is -2.54. The molecule has 0 aliphatic carbocycles. The zero-order valence-corrected chi connectivity index (χ0v) is 12.2. The van der Waals surface area contributed by atoms with Crippen LogP contribution in [-0.2, 0) is 14.2 Å². The van der Waals surface area contributed by atoms with Crippen LogP contribution in [0.3, 0.4) is 0 Å². The summed E-state index contributed by atoms with van der Waals surface area (Å²) in [7, 11) is 1.68. The summed E-state index contributed by atoms with van der Waals surface area (Å²) < 4.78 is 15.9. The van der Waals surface area contributed by atoms with E-state index in [9.17, 15) is 0 Å². The number of nitrogens with one attached hydrogen (secondary N) is 1. The van der Waals surface area contributed by atoms with Gasteiger partial charge in [0.05, 0.1) is 26.4 Å². The molecule has 1 fully saturated rings. The van der Waals surface area contributed by atoms with E-state index in [1.807, 2.05) is 0 Å². The van der Waals surface area contributed by atoms with Crippen molar-refractivity contribution in [1.82, 2.24) is 5.32 Å². The van der Waals surface area contributed by atoms with Gasteiger partial charge in [0.1, 0.15) is 0 Å². The molecule has 0 amide bonds. The van der Waals surface area contributed by atoms with Crippen molar-refractivity contribution in [2.75, 3.05) is 53.2 Å². The summed E-state index contributed by atoms with van der Waals surface area (Å²) in [5, 5.41) is 3.39. The average Bonchev–Trinajstić information content (AvgIpc) is 2.28.